The Morgan fingerprint density at radius 3 is 1.44 bits per heavy atom. The second-order valence-electron chi connectivity index (χ2n) is 5.71. The third-order valence-electron chi connectivity index (χ3n) is 2.09. The molecule has 0 fully saturated rings. The molecule has 0 aliphatic heterocycles. The Hall–Kier alpha value is 0.240. The summed E-state index contributed by atoms with van der Waals surface area (Å²) in [6, 6.07) is 11.1. The van der Waals surface area contributed by atoms with E-state index < -0.39 is 19.8 Å². The number of hydrogen-bond acceptors (Lipinski definition) is 0. The highest BCUT2D eigenvalue weighted by Gasteiger charge is 2.47. The Balaban J connectivity index is 0.00000225. The SMILES string of the molecule is CC(C)(C)[I+](c1ccccc1)C(C)(C)C.[Cl-]. The molecular weight excluding hydrogens is 331 g/mol. The predicted octanol–water partition coefficient (Wildman–Crippen LogP) is -1.92. The fourth-order valence-corrected chi connectivity index (χ4v) is 11.8. The quantitative estimate of drug-likeness (QED) is 0.408. The molecule has 0 aromatic heterocycles. The average molecular weight is 354 g/mol. The molecule has 1 rings (SSSR count). The highest BCUT2D eigenvalue weighted by atomic mass is 127. The van der Waals surface area contributed by atoms with Gasteiger partial charge in [-0.15, -0.1) is 0 Å². The zero-order valence-electron chi connectivity index (χ0n) is 11.1. The second-order valence-corrected chi connectivity index (χ2v) is 15.0. The Morgan fingerprint density at radius 1 is 0.750 bits per heavy atom. The first-order valence-electron chi connectivity index (χ1n) is 5.48. The van der Waals surface area contributed by atoms with Crippen molar-refractivity contribution in [2.75, 3.05) is 0 Å². The van der Waals surface area contributed by atoms with E-state index in [4.69, 9.17) is 0 Å². The van der Waals surface area contributed by atoms with Gasteiger partial charge in [0.25, 0.3) is 0 Å². The van der Waals surface area contributed by atoms with E-state index in [1.807, 2.05) is 0 Å². The van der Waals surface area contributed by atoms with Crippen LogP contribution in [0, 0.1) is 3.57 Å². The smallest absolute Gasteiger partial charge is 0.146 e. The van der Waals surface area contributed by atoms with E-state index in [0.29, 0.717) is 6.84 Å². The zero-order valence-corrected chi connectivity index (χ0v) is 14.1. The molecule has 0 bridgehead atoms. The summed E-state index contributed by atoms with van der Waals surface area (Å²) in [4.78, 5) is 0. The third-order valence-corrected chi connectivity index (χ3v) is 10.5. The van der Waals surface area contributed by atoms with Gasteiger partial charge in [-0.25, -0.2) is 0 Å². The lowest BCUT2D eigenvalue weighted by Gasteiger charge is -2.29. The van der Waals surface area contributed by atoms with Crippen LogP contribution >= 0.6 is 0 Å². The van der Waals surface area contributed by atoms with Gasteiger partial charge < -0.3 is 12.4 Å². The average Bonchev–Trinajstić information content (AvgIpc) is 2.00. The standard InChI is InChI=1S/C14H23I.ClH/c1-13(2,3)15(14(4,5)6)12-10-8-7-9-11-12;/h7-11H,1-6H3;1H/q+1;/p-1. The van der Waals surface area contributed by atoms with Crippen molar-refractivity contribution >= 4 is 0 Å². The normalized spacial score (nSPS) is 12.4. The van der Waals surface area contributed by atoms with E-state index in [-0.39, 0.29) is 12.4 Å². The number of rotatable bonds is 1. The van der Waals surface area contributed by atoms with Gasteiger partial charge in [0, 0.05) is 0 Å². The molecule has 1 radical (unpaired) electrons. The van der Waals surface area contributed by atoms with Crippen molar-refractivity contribution in [1.29, 1.82) is 0 Å². The van der Waals surface area contributed by atoms with Crippen LogP contribution in [0.1, 0.15) is 41.5 Å². The highest BCUT2D eigenvalue weighted by Crippen LogP contribution is 1.98. The van der Waals surface area contributed by atoms with Gasteiger partial charge in [0.15, 0.2) is 0 Å². The molecule has 0 N–H and O–H groups in total. The Morgan fingerprint density at radius 2 is 1.12 bits per heavy atom. The van der Waals surface area contributed by atoms with Gasteiger partial charge in [-0.3, -0.25) is 0 Å². The van der Waals surface area contributed by atoms with Crippen molar-refractivity contribution in [3.8, 4) is 0 Å². The molecule has 0 atom stereocenters. The zero-order chi connectivity index (χ0) is 11.7. The molecular formula is C14H23ClI. The van der Waals surface area contributed by atoms with Crippen LogP contribution < -0.4 is 32.2 Å². The maximum Gasteiger partial charge on any atom is 0.146 e. The Kier molecular flexibility index (Phi) is 5.81. The van der Waals surface area contributed by atoms with Crippen molar-refractivity contribution in [2.24, 2.45) is 0 Å². The van der Waals surface area contributed by atoms with E-state index >= 15 is 0 Å². The topological polar surface area (TPSA) is 0 Å². The van der Waals surface area contributed by atoms with Crippen LogP contribution in [0.4, 0.5) is 0 Å². The maximum atomic E-state index is 2.40. The van der Waals surface area contributed by atoms with Crippen molar-refractivity contribution < 1.29 is 32.2 Å². The first kappa shape index (κ1) is 16.2. The van der Waals surface area contributed by atoms with Crippen LogP contribution in [0.2, 0.25) is 0 Å². The second kappa shape index (κ2) is 5.72. The molecule has 93 valence electrons. The molecule has 0 aliphatic carbocycles. The Bertz CT molecular complexity index is 292. The van der Waals surface area contributed by atoms with Gasteiger partial charge in [0.2, 0.25) is 0 Å². The van der Waals surface area contributed by atoms with E-state index in [0.717, 1.165) is 0 Å². The van der Waals surface area contributed by atoms with Gasteiger partial charge in [-0.1, -0.05) is 18.2 Å². The summed E-state index contributed by atoms with van der Waals surface area (Å²) in [5.74, 6) is 0. The fourth-order valence-electron chi connectivity index (χ4n) is 2.05. The van der Waals surface area contributed by atoms with Crippen LogP contribution in [-0.2, 0) is 0 Å². The van der Waals surface area contributed by atoms with Crippen LogP contribution in [-0.4, -0.2) is 6.84 Å². The summed E-state index contributed by atoms with van der Waals surface area (Å²) in [5, 5.41) is 0. The van der Waals surface area contributed by atoms with Crippen molar-refractivity contribution in [2.45, 2.75) is 48.4 Å². The van der Waals surface area contributed by atoms with Gasteiger partial charge in [0.1, 0.15) is 30.2 Å². The minimum atomic E-state index is -1.17. The molecule has 0 unspecified atom stereocenters. The van der Waals surface area contributed by atoms with Gasteiger partial charge >= 0.3 is 0 Å². The molecule has 0 heterocycles. The van der Waals surface area contributed by atoms with E-state index in [2.05, 4.69) is 71.9 Å². The van der Waals surface area contributed by atoms with Gasteiger partial charge in [-0.05, 0) is 53.7 Å². The minimum absolute atomic E-state index is 0. The fraction of sp³-hybridized carbons (Fsp3) is 0.571. The van der Waals surface area contributed by atoms with Crippen LogP contribution in [0.3, 0.4) is 0 Å². The van der Waals surface area contributed by atoms with Crippen molar-refractivity contribution in [3.05, 3.63) is 33.9 Å². The molecule has 2 heteroatoms. The Labute approximate surface area is 114 Å². The predicted molar refractivity (Wildman–Crippen MR) is 64.6 cm³/mol. The lowest BCUT2D eigenvalue weighted by molar-refractivity contribution is -0.970. The van der Waals surface area contributed by atoms with Crippen LogP contribution in [0.5, 0.6) is 0 Å². The monoisotopic (exact) mass is 353 g/mol. The summed E-state index contributed by atoms with van der Waals surface area (Å²) in [5.41, 5.74) is 0. The molecule has 1 aromatic rings. The van der Waals surface area contributed by atoms with Crippen LogP contribution in [0.25, 0.3) is 0 Å². The molecule has 16 heavy (non-hydrogen) atoms. The summed E-state index contributed by atoms with van der Waals surface area (Å²) >= 11 is -1.17. The number of alkyl halides is 2. The van der Waals surface area contributed by atoms with Crippen molar-refractivity contribution in [1.82, 2.24) is 0 Å². The molecule has 1 aromatic carbocycles. The first-order valence-corrected chi connectivity index (χ1v) is 8.71. The third kappa shape index (κ3) is 4.25. The minimum Gasteiger partial charge on any atom is -1.00 e. The molecule has 0 saturated heterocycles. The number of benzene rings is 1. The first-order chi connectivity index (χ1) is 6.73. The lowest BCUT2D eigenvalue weighted by Crippen LogP contribution is -3.94. The van der Waals surface area contributed by atoms with Gasteiger partial charge in [0.05, 0.1) is 0 Å². The molecule has 0 spiro atoms. The van der Waals surface area contributed by atoms with Crippen LogP contribution in [0.15, 0.2) is 30.3 Å². The molecule has 0 saturated carbocycles. The summed E-state index contributed by atoms with van der Waals surface area (Å²) in [6.45, 7) is 14.4. The number of hydrogen-bond donors (Lipinski definition) is 0. The van der Waals surface area contributed by atoms with Gasteiger partial charge in [-0.2, -0.15) is 0 Å². The molecule has 0 aliphatic rings. The lowest BCUT2D eigenvalue weighted by atomic mass is 10.3. The largest absolute Gasteiger partial charge is 1.00 e. The number of halogens is 2. The summed E-state index contributed by atoms with van der Waals surface area (Å²) in [7, 11) is 0. The van der Waals surface area contributed by atoms with E-state index in [1.54, 1.807) is 3.57 Å². The van der Waals surface area contributed by atoms with E-state index in [9.17, 15) is 0 Å². The summed E-state index contributed by atoms with van der Waals surface area (Å²) in [6.07, 6.45) is 0. The summed E-state index contributed by atoms with van der Waals surface area (Å²) < 4.78 is 2.54. The highest BCUT2D eigenvalue weighted by molar-refractivity contribution is 5.00. The van der Waals surface area contributed by atoms with E-state index in [1.165, 1.54) is 0 Å². The van der Waals surface area contributed by atoms with Crippen molar-refractivity contribution in [3.63, 3.8) is 0 Å². The maximum absolute atomic E-state index is 2.40. The molecule has 0 amide bonds. The molecule has 0 nitrogen and oxygen atoms in total.